The first-order chi connectivity index (χ1) is 8.80. The van der Waals surface area contributed by atoms with E-state index in [-0.39, 0.29) is 15.8 Å². The van der Waals surface area contributed by atoms with Crippen molar-refractivity contribution in [2.75, 3.05) is 13.1 Å². The first-order valence-electron chi connectivity index (χ1n) is 5.93. The Balaban J connectivity index is 2.50. The summed E-state index contributed by atoms with van der Waals surface area (Å²) in [5.41, 5.74) is 0.879. The van der Waals surface area contributed by atoms with Gasteiger partial charge >= 0.3 is 0 Å². The number of amides is 1. The molecule has 1 saturated heterocycles. The molecular formula is C12H15ClN2O3S. The number of carbonyl (C=O) groups excluding carboxylic acids is 1. The monoisotopic (exact) mass is 302 g/mol. The molecule has 1 aliphatic heterocycles. The van der Waals surface area contributed by atoms with Crippen molar-refractivity contribution < 1.29 is 13.2 Å². The van der Waals surface area contributed by atoms with Gasteiger partial charge in [0.1, 0.15) is 0 Å². The molecule has 0 atom stereocenters. The minimum atomic E-state index is -3.88. The van der Waals surface area contributed by atoms with Crippen LogP contribution in [0.25, 0.3) is 0 Å². The number of benzene rings is 1. The molecule has 1 fully saturated rings. The second-order valence-electron chi connectivity index (χ2n) is 4.62. The zero-order chi connectivity index (χ0) is 14.2. The van der Waals surface area contributed by atoms with Gasteiger partial charge in [-0.2, -0.15) is 0 Å². The smallest absolute Gasteiger partial charge is 0.254 e. The molecule has 2 rings (SSSR count). The van der Waals surface area contributed by atoms with Gasteiger partial charge in [0.15, 0.2) is 0 Å². The quantitative estimate of drug-likeness (QED) is 0.899. The Hall–Kier alpha value is -1.11. The fraction of sp³-hybridized carbons (Fsp3) is 0.417. The van der Waals surface area contributed by atoms with Crippen molar-refractivity contribution in [2.45, 2.75) is 24.7 Å². The summed E-state index contributed by atoms with van der Waals surface area (Å²) < 4.78 is 22.8. The van der Waals surface area contributed by atoms with E-state index in [9.17, 15) is 13.2 Å². The second kappa shape index (κ2) is 5.11. The Morgan fingerprint density at radius 1 is 1.32 bits per heavy atom. The number of sulfonamides is 1. The number of carbonyl (C=O) groups is 1. The van der Waals surface area contributed by atoms with Gasteiger partial charge in [-0.15, -0.1) is 0 Å². The van der Waals surface area contributed by atoms with E-state index in [1.54, 1.807) is 11.8 Å². The SMILES string of the molecule is Cc1c(Cl)cc(S(N)(=O)=O)cc1C(=O)N1CCCC1. The average molecular weight is 303 g/mol. The van der Waals surface area contributed by atoms with Crippen molar-refractivity contribution in [3.05, 3.63) is 28.3 Å². The summed E-state index contributed by atoms with van der Waals surface area (Å²) in [5.74, 6) is -0.192. The van der Waals surface area contributed by atoms with Crippen molar-refractivity contribution in [2.24, 2.45) is 5.14 Å². The largest absolute Gasteiger partial charge is 0.339 e. The highest BCUT2D eigenvalue weighted by Gasteiger charge is 2.23. The third-order valence-corrected chi connectivity index (χ3v) is 4.56. The highest BCUT2D eigenvalue weighted by molar-refractivity contribution is 7.89. The molecule has 1 aromatic carbocycles. The summed E-state index contributed by atoms with van der Waals surface area (Å²) in [6, 6.07) is 2.57. The van der Waals surface area contributed by atoms with Gasteiger partial charge in [0.2, 0.25) is 10.0 Å². The molecule has 1 heterocycles. The van der Waals surface area contributed by atoms with Crippen LogP contribution in [0.3, 0.4) is 0 Å². The lowest BCUT2D eigenvalue weighted by Gasteiger charge is -2.17. The number of halogens is 1. The van der Waals surface area contributed by atoms with E-state index in [1.807, 2.05) is 0 Å². The van der Waals surface area contributed by atoms with E-state index in [2.05, 4.69) is 0 Å². The maximum atomic E-state index is 12.3. The predicted octanol–water partition coefficient (Wildman–Crippen LogP) is 1.53. The van der Waals surface area contributed by atoms with Crippen LogP contribution in [0.5, 0.6) is 0 Å². The van der Waals surface area contributed by atoms with Gasteiger partial charge in [-0.3, -0.25) is 4.79 Å². The molecule has 2 N–H and O–H groups in total. The molecule has 5 nitrogen and oxygen atoms in total. The Labute approximate surface area is 117 Å². The molecule has 1 amide bonds. The highest BCUT2D eigenvalue weighted by atomic mass is 35.5. The fourth-order valence-corrected chi connectivity index (χ4v) is 2.98. The molecule has 19 heavy (non-hydrogen) atoms. The normalized spacial score (nSPS) is 15.8. The summed E-state index contributed by atoms with van der Waals surface area (Å²) in [6.45, 7) is 3.07. The van der Waals surface area contributed by atoms with Crippen molar-refractivity contribution in [3.8, 4) is 0 Å². The Morgan fingerprint density at radius 3 is 2.42 bits per heavy atom. The van der Waals surface area contributed by atoms with Gasteiger partial charge in [0, 0.05) is 23.7 Å². The number of primary sulfonamides is 1. The minimum Gasteiger partial charge on any atom is -0.339 e. The summed E-state index contributed by atoms with van der Waals surface area (Å²) in [7, 11) is -3.88. The lowest BCUT2D eigenvalue weighted by atomic mass is 10.1. The average Bonchev–Trinajstić information content (AvgIpc) is 2.83. The third-order valence-electron chi connectivity index (χ3n) is 3.27. The van der Waals surface area contributed by atoms with Crippen LogP contribution in [0.4, 0.5) is 0 Å². The molecular weight excluding hydrogens is 288 g/mol. The highest BCUT2D eigenvalue weighted by Crippen LogP contribution is 2.26. The maximum Gasteiger partial charge on any atom is 0.254 e. The number of likely N-dealkylation sites (tertiary alicyclic amines) is 1. The van der Waals surface area contributed by atoms with Crippen LogP contribution in [-0.2, 0) is 10.0 Å². The number of rotatable bonds is 2. The van der Waals surface area contributed by atoms with Gasteiger partial charge in [-0.1, -0.05) is 11.6 Å². The van der Waals surface area contributed by atoms with E-state index >= 15 is 0 Å². The standard InChI is InChI=1S/C12H15ClN2O3S/c1-8-10(12(16)15-4-2-3-5-15)6-9(7-11(8)13)19(14,17)18/h6-7H,2-5H2,1H3,(H2,14,17,18). The van der Waals surface area contributed by atoms with Crippen LogP contribution in [0, 0.1) is 6.92 Å². The molecule has 0 aromatic heterocycles. The number of nitrogens with zero attached hydrogens (tertiary/aromatic N) is 1. The van der Waals surface area contributed by atoms with E-state index < -0.39 is 10.0 Å². The number of hydrogen-bond donors (Lipinski definition) is 1. The van der Waals surface area contributed by atoms with Crippen LogP contribution in [-0.4, -0.2) is 32.3 Å². The maximum absolute atomic E-state index is 12.3. The zero-order valence-electron chi connectivity index (χ0n) is 10.5. The molecule has 0 unspecified atom stereocenters. The minimum absolute atomic E-state index is 0.134. The van der Waals surface area contributed by atoms with Gasteiger partial charge < -0.3 is 4.90 Å². The molecule has 104 valence electrons. The predicted molar refractivity (Wildman–Crippen MR) is 72.7 cm³/mol. The fourth-order valence-electron chi connectivity index (χ4n) is 2.13. The first-order valence-corrected chi connectivity index (χ1v) is 7.85. The summed E-state index contributed by atoms with van der Waals surface area (Å²) in [4.78, 5) is 13.9. The number of hydrogen-bond acceptors (Lipinski definition) is 3. The molecule has 0 spiro atoms. The van der Waals surface area contributed by atoms with E-state index in [0.29, 0.717) is 24.2 Å². The van der Waals surface area contributed by atoms with Crippen molar-refractivity contribution >= 4 is 27.5 Å². The van der Waals surface area contributed by atoms with Crippen LogP contribution >= 0.6 is 11.6 Å². The topological polar surface area (TPSA) is 80.5 Å². The van der Waals surface area contributed by atoms with Crippen LogP contribution in [0.2, 0.25) is 5.02 Å². The molecule has 1 aromatic rings. The summed E-state index contributed by atoms with van der Waals surface area (Å²) in [5, 5.41) is 5.32. The van der Waals surface area contributed by atoms with Crippen LogP contribution in [0.1, 0.15) is 28.8 Å². The van der Waals surface area contributed by atoms with E-state index in [1.165, 1.54) is 12.1 Å². The third kappa shape index (κ3) is 2.91. The molecule has 0 saturated carbocycles. The van der Waals surface area contributed by atoms with Gasteiger partial charge in [-0.25, -0.2) is 13.6 Å². The summed E-state index contributed by atoms with van der Waals surface area (Å²) in [6.07, 6.45) is 1.93. The second-order valence-corrected chi connectivity index (χ2v) is 6.59. The molecule has 0 bridgehead atoms. The zero-order valence-corrected chi connectivity index (χ0v) is 12.1. The Kier molecular flexibility index (Phi) is 3.85. The van der Waals surface area contributed by atoms with E-state index in [4.69, 9.17) is 16.7 Å². The molecule has 1 aliphatic rings. The Bertz CT molecular complexity index is 622. The van der Waals surface area contributed by atoms with Crippen molar-refractivity contribution in [1.29, 1.82) is 0 Å². The molecule has 0 aliphatic carbocycles. The van der Waals surface area contributed by atoms with Crippen molar-refractivity contribution in [3.63, 3.8) is 0 Å². The van der Waals surface area contributed by atoms with Crippen LogP contribution < -0.4 is 5.14 Å². The van der Waals surface area contributed by atoms with Gasteiger partial charge in [0.25, 0.3) is 5.91 Å². The van der Waals surface area contributed by atoms with Gasteiger partial charge in [0.05, 0.1) is 4.90 Å². The van der Waals surface area contributed by atoms with Gasteiger partial charge in [-0.05, 0) is 37.5 Å². The Morgan fingerprint density at radius 2 is 1.89 bits per heavy atom. The molecule has 7 heteroatoms. The number of nitrogens with two attached hydrogens (primary N) is 1. The molecule has 0 radical (unpaired) electrons. The summed E-state index contributed by atoms with van der Waals surface area (Å²) >= 11 is 5.99. The lowest BCUT2D eigenvalue weighted by molar-refractivity contribution is 0.0792. The first kappa shape index (κ1) is 14.3. The van der Waals surface area contributed by atoms with E-state index in [0.717, 1.165) is 12.8 Å². The van der Waals surface area contributed by atoms with Crippen LogP contribution in [0.15, 0.2) is 17.0 Å². The van der Waals surface area contributed by atoms with Crippen molar-refractivity contribution in [1.82, 2.24) is 4.90 Å². The lowest BCUT2D eigenvalue weighted by Crippen LogP contribution is -2.28.